The zero-order valence-corrected chi connectivity index (χ0v) is 12.4. The molecule has 0 saturated heterocycles. The van der Waals surface area contributed by atoms with Crippen LogP contribution in [0.15, 0.2) is 47.9 Å². The van der Waals surface area contributed by atoms with Crippen molar-refractivity contribution in [1.29, 1.82) is 5.26 Å². The van der Waals surface area contributed by atoms with E-state index in [-0.39, 0.29) is 17.6 Å². The monoisotopic (exact) mass is 292 g/mol. The van der Waals surface area contributed by atoms with E-state index in [1.807, 2.05) is 38.1 Å². The summed E-state index contributed by atoms with van der Waals surface area (Å²) in [6.07, 6.45) is 0. The van der Waals surface area contributed by atoms with Crippen molar-refractivity contribution < 1.29 is 9.84 Å². The van der Waals surface area contributed by atoms with Crippen LogP contribution >= 0.6 is 0 Å². The molecule has 3 rings (SSSR count). The van der Waals surface area contributed by atoms with Gasteiger partial charge in [-0.2, -0.15) is 5.26 Å². The lowest BCUT2D eigenvalue weighted by Gasteiger charge is -2.28. The smallest absolute Gasteiger partial charge is 0.205 e. The van der Waals surface area contributed by atoms with Crippen LogP contribution in [-0.4, -0.2) is 5.11 Å². The summed E-state index contributed by atoms with van der Waals surface area (Å²) in [6, 6.07) is 13.4. The average molecular weight is 292 g/mol. The average Bonchev–Trinajstić information content (AvgIpc) is 2.46. The molecule has 0 bridgehead atoms. The molecule has 4 heteroatoms. The summed E-state index contributed by atoms with van der Waals surface area (Å²) in [4.78, 5) is 0. The SMILES string of the molecule is Cc1ccc(C2C(C#N)=C(N)Oc3cc(O)cc(C)c32)cc1. The number of hydrogen-bond donors (Lipinski definition) is 2. The summed E-state index contributed by atoms with van der Waals surface area (Å²) in [5.41, 5.74) is 10.2. The van der Waals surface area contributed by atoms with E-state index < -0.39 is 0 Å². The van der Waals surface area contributed by atoms with Gasteiger partial charge in [-0.25, -0.2) is 0 Å². The Balaban J connectivity index is 2.27. The molecule has 2 aromatic rings. The van der Waals surface area contributed by atoms with Crippen molar-refractivity contribution in [2.45, 2.75) is 19.8 Å². The number of ether oxygens (including phenoxy) is 1. The van der Waals surface area contributed by atoms with E-state index in [0.29, 0.717) is 11.3 Å². The fourth-order valence-electron chi connectivity index (χ4n) is 2.87. The molecule has 2 aromatic carbocycles. The van der Waals surface area contributed by atoms with Gasteiger partial charge in [0, 0.05) is 11.6 Å². The van der Waals surface area contributed by atoms with Gasteiger partial charge in [0.05, 0.1) is 5.92 Å². The van der Waals surface area contributed by atoms with Crippen LogP contribution in [0.1, 0.15) is 28.2 Å². The molecule has 0 radical (unpaired) electrons. The molecule has 0 aliphatic carbocycles. The van der Waals surface area contributed by atoms with Gasteiger partial charge in [0.2, 0.25) is 5.88 Å². The first-order valence-corrected chi connectivity index (χ1v) is 6.99. The van der Waals surface area contributed by atoms with Crippen molar-refractivity contribution in [3.05, 3.63) is 70.1 Å². The number of aromatic hydroxyl groups is 1. The van der Waals surface area contributed by atoms with Crippen molar-refractivity contribution in [2.24, 2.45) is 5.73 Å². The van der Waals surface area contributed by atoms with E-state index in [1.165, 1.54) is 6.07 Å². The number of hydrogen-bond acceptors (Lipinski definition) is 4. The highest BCUT2D eigenvalue weighted by Crippen LogP contribution is 2.45. The highest BCUT2D eigenvalue weighted by atomic mass is 16.5. The molecular weight excluding hydrogens is 276 g/mol. The van der Waals surface area contributed by atoms with Crippen molar-refractivity contribution in [3.63, 3.8) is 0 Å². The number of nitrogens with zero attached hydrogens (tertiary/aromatic N) is 1. The van der Waals surface area contributed by atoms with E-state index in [0.717, 1.165) is 22.3 Å². The number of phenolic OH excluding ortho intramolecular Hbond substituents is 1. The lowest BCUT2D eigenvalue weighted by molar-refractivity contribution is 0.387. The third-order valence-electron chi connectivity index (χ3n) is 3.93. The summed E-state index contributed by atoms with van der Waals surface area (Å²) in [5, 5.41) is 19.3. The van der Waals surface area contributed by atoms with Crippen LogP contribution < -0.4 is 10.5 Å². The van der Waals surface area contributed by atoms with Crippen LogP contribution in [0.4, 0.5) is 0 Å². The summed E-state index contributed by atoms with van der Waals surface area (Å²) in [7, 11) is 0. The number of nitrogens with two attached hydrogens (primary N) is 1. The summed E-state index contributed by atoms with van der Waals surface area (Å²) < 4.78 is 5.55. The standard InChI is InChI=1S/C18H16N2O2/c1-10-3-5-12(6-4-10)17-14(9-19)18(20)22-15-8-13(21)7-11(2)16(15)17/h3-8,17,21H,20H2,1-2H3. The van der Waals surface area contributed by atoms with E-state index in [9.17, 15) is 10.4 Å². The second kappa shape index (κ2) is 5.12. The topological polar surface area (TPSA) is 79.3 Å². The van der Waals surface area contributed by atoms with Crippen LogP contribution in [0, 0.1) is 25.2 Å². The van der Waals surface area contributed by atoms with Gasteiger partial charge in [0.1, 0.15) is 23.1 Å². The number of benzene rings is 2. The Hall–Kier alpha value is -2.93. The lowest BCUT2D eigenvalue weighted by Crippen LogP contribution is -2.21. The van der Waals surface area contributed by atoms with Crippen LogP contribution in [0.2, 0.25) is 0 Å². The highest BCUT2D eigenvalue weighted by molar-refractivity contribution is 5.59. The number of fused-ring (bicyclic) bond motifs is 1. The molecule has 1 atom stereocenters. The summed E-state index contributed by atoms with van der Waals surface area (Å²) in [5.74, 6) is 0.423. The molecule has 4 nitrogen and oxygen atoms in total. The lowest BCUT2D eigenvalue weighted by atomic mass is 9.81. The predicted octanol–water partition coefficient (Wildman–Crippen LogP) is 3.23. The van der Waals surface area contributed by atoms with E-state index >= 15 is 0 Å². The molecule has 0 amide bonds. The largest absolute Gasteiger partial charge is 0.508 e. The highest BCUT2D eigenvalue weighted by Gasteiger charge is 2.32. The molecule has 1 aliphatic heterocycles. The molecule has 0 spiro atoms. The van der Waals surface area contributed by atoms with Gasteiger partial charge in [-0.3, -0.25) is 0 Å². The summed E-state index contributed by atoms with van der Waals surface area (Å²) in [6.45, 7) is 3.90. The molecular formula is C18H16N2O2. The minimum absolute atomic E-state index is 0.0885. The Morgan fingerprint density at radius 1 is 1.18 bits per heavy atom. The van der Waals surface area contributed by atoms with Gasteiger partial charge in [-0.1, -0.05) is 29.8 Å². The second-order valence-corrected chi connectivity index (χ2v) is 5.51. The maximum absolute atomic E-state index is 9.77. The fraction of sp³-hybridized carbons (Fsp3) is 0.167. The second-order valence-electron chi connectivity index (χ2n) is 5.51. The van der Waals surface area contributed by atoms with Crippen LogP contribution in [-0.2, 0) is 0 Å². The zero-order valence-electron chi connectivity index (χ0n) is 12.4. The maximum Gasteiger partial charge on any atom is 0.205 e. The Morgan fingerprint density at radius 3 is 2.50 bits per heavy atom. The summed E-state index contributed by atoms with van der Waals surface area (Å²) >= 11 is 0. The first-order valence-electron chi connectivity index (χ1n) is 6.99. The van der Waals surface area contributed by atoms with Crippen molar-refractivity contribution in [2.75, 3.05) is 0 Å². The molecule has 0 aromatic heterocycles. The number of nitriles is 1. The third kappa shape index (κ3) is 2.17. The van der Waals surface area contributed by atoms with E-state index in [4.69, 9.17) is 10.5 Å². The van der Waals surface area contributed by atoms with Crippen molar-refractivity contribution in [1.82, 2.24) is 0 Å². The molecule has 1 aliphatic rings. The number of phenols is 1. The van der Waals surface area contributed by atoms with Gasteiger partial charge in [-0.05, 0) is 31.0 Å². The third-order valence-corrected chi connectivity index (χ3v) is 3.93. The number of rotatable bonds is 1. The fourth-order valence-corrected chi connectivity index (χ4v) is 2.87. The van der Waals surface area contributed by atoms with E-state index in [1.54, 1.807) is 6.07 Å². The molecule has 1 unspecified atom stereocenters. The maximum atomic E-state index is 9.77. The van der Waals surface area contributed by atoms with Crippen molar-refractivity contribution >= 4 is 0 Å². The minimum Gasteiger partial charge on any atom is -0.508 e. The first-order chi connectivity index (χ1) is 10.5. The Bertz CT molecular complexity index is 814. The molecule has 0 fully saturated rings. The Morgan fingerprint density at radius 2 is 1.86 bits per heavy atom. The van der Waals surface area contributed by atoms with Gasteiger partial charge < -0.3 is 15.6 Å². The minimum atomic E-state index is -0.282. The molecule has 110 valence electrons. The van der Waals surface area contributed by atoms with Crippen molar-refractivity contribution in [3.8, 4) is 17.6 Å². The van der Waals surface area contributed by atoms with Crippen LogP contribution in [0.25, 0.3) is 0 Å². The number of allylic oxidation sites excluding steroid dienone is 1. The normalized spacial score (nSPS) is 16.7. The molecule has 1 heterocycles. The first kappa shape index (κ1) is 14.0. The van der Waals surface area contributed by atoms with Crippen LogP contribution in [0.3, 0.4) is 0 Å². The van der Waals surface area contributed by atoms with Crippen LogP contribution in [0.5, 0.6) is 11.5 Å². The zero-order chi connectivity index (χ0) is 15.9. The predicted molar refractivity (Wildman–Crippen MR) is 83.3 cm³/mol. The number of aryl methyl sites for hydroxylation is 2. The van der Waals surface area contributed by atoms with Gasteiger partial charge in [0.15, 0.2) is 0 Å². The molecule has 22 heavy (non-hydrogen) atoms. The Labute approximate surface area is 129 Å². The molecule has 3 N–H and O–H groups in total. The van der Waals surface area contributed by atoms with Gasteiger partial charge in [0.25, 0.3) is 0 Å². The molecule has 0 saturated carbocycles. The van der Waals surface area contributed by atoms with Gasteiger partial charge in [-0.15, -0.1) is 0 Å². The quantitative estimate of drug-likeness (QED) is 0.845. The van der Waals surface area contributed by atoms with Gasteiger partial charge >= 0.3 is 0 Å². The Kier molecular flexibility index (Phi) is 3.26. The van der Waals surface area contributed by atoms with E-state index in [2.05, 4.69) is 6.07 Å².